The van der Waals surface area contributed by atoms with E-state index in [4.69, 9.17) is 0 Å². The fraction of sp³-hybridized carbons (Fsp3) is 0.583. The summed E-state index contributed by atoms with van der Waals surface area (Å²) in [5.74, 6) is 0.257. The Labute approximate surface area is 103 Å². The lowest BCUT2D eigenvalue weighted by Crippen LogP contribution is -2.28. The van der Waals surface area contributed by atoms with Crippen LogP contribution in [0.4, 0.5) is 0 Å². The summed E-state index contributed by atoms with van der Waals surface area (Å²) in [6.07, 6.45) is 5.43. The maximum absolute atomic E-state index is 11.0. The maximum Gasteiger partial charge on any atom is 0.147 e. The molecule has 0 aliphatic rings. The summed E-state index contributed by atoms with van der Waals surface area (Å²) in [6.45, 7) is 0. The van der Waals surface area contributed by atoms with Crippen molar-refractivity contribution in [2.24, 2.45) is 0 Å². The molecule has 1 aromatic rings. The Hall–Kier alpha value is -0.940. The van der Waals surface area contributed by atoms with Crippen molar-refractivity contribution >= 4 is 9.84 Å². The van der Waals surface area contributed by atoms with Gasteiger partial charge in [-0.2, -0.15) is 0 Å². The van der Waals surface area contributed by atoms with Crippen LogP contribution in [0, 0.1) is 0 Å². The molecule has 0 amide bonds. The van der Waals surface area contributed by atoms with Gasteiger partial charge >= 0.3 is 0 Å². The first kappa shape index (κ1) is 14.1. The molecule has 0 spiro atoms. The lowest BCUT2D eigenvalue weighted by Gasteiger charge is -2.15. The Morgan fingerprint density at radius 2 is 2.18 bits per heavy atom. The van der Waals surface area contributed by atoms with E-state index in [1.165, 1.54) is 6.26 Å². The van der Waals surface area contributed by atoms with Gasteiger partial charge in [0.25, 0.3) is 0 Å². The van der Waals surface area contributed by atoms with Gasteiger partial charge in [-0.05, 0) is 32.0 Å². The van der Waals surface area contributed by atoms with Crippen LogP contribution >= 0.6 is 0 Å². The molecule has 17 heavy (non-hydrogen) atoms. The molecule has 0 aromatic carbocycles. The third-order valence-electron chi connectivity index (χ3n) is 2.66. The van der Waals surface area contributed by atoms with E-state index in [-0.39, 0.29) is 11.8 Å². The molecule has 0 fully saturated rings. The molecule has 0 radical (unpaired) electrons. The number of hydrogen-bond acceptors (Lipinski definition) is 4. The quantitative estimate of drug-likeness (QED) is 0.792. The normalized spacial score (nSPS) is 13.5. The molecule has 0 aliphatic carbocycles. The predicted molar refractivity (Wildman–Crippen MR) is 69.7 cm³/mol. The first-order valence-corrected chi connectivity index (χ1v) is 7.82. The van der Waals surface area contributed by atoms with E-state index in [2.05, 4.69) is 10.3 Å². The van der Waals surface area contributed by atoms with E-state index in [1.54, 1.807) is 6.20 Å². The van der Waals surface area contributed by atoms with Gasteiger partial charge in [-0.15, -0.1) is 0 Å². The van der Waals surface area contributed by atoms with Crippen molar-refractivity contribution in [3.8, 4) is 0 Å². The number of hydrogen-bond donors (Lipinski definition) is 1. The van der Waals surface area contributed by atoms with Gasteiger partial charge in [-0.1, -0.05) is 6.07 Å². The Kier molecular flexibility index (Phi) is 5.58. The largest absolute Gasteiger partial charge is 0.317 e. The molecule has 0 aliphatic heterocycles. The van der Waals surface area contributed by atoms with E-state index in [0.29, 0.717) is 6.42 Å². The van der Waals surface area contributed by atoms with Crippen LogP contribution in [-0.4, -0.2) is 38.5 Å². The summed E-state index contributed by atoms with van der Waals surface area (Å²) in [5.41, 5.74) is 1.03. The molecule has 1 N–H and O–H groups in total. The van der Waals surface area contributed by atoms with Crippen molar-refractivity contribution in [2.75, 3.05) is 19.1 Å². The van der Waals surface area contributed by atoms with Crippen molar-refractivity contribution in [1.29, 1.82) is 0 Å². The van der Waals surface area contributed by atoms with Crippen molar-refractivity contribution in [3.63, 3.8) is 0 Å². The fourth-order valence-corrected chi connectivity index (χ4v) is 2.40. The summed E-state index contributed by atoms with van der Waals surface area (Å²) in [6, 6.07) is 6.13. The second-order valence-corrected chi connectivity index (χ2v) is 6.54. The van der Waals surface area contributed by atoms with Crippen molar-refractivity contribution < 1.29 is 8.42 Å². The summed E-state index contributed by atoms with van der Waals surface area (Å²) in [4.78, 5) is 4.27. The number of nitrogens with one attached hydrogen (secondary N) is 1. The molecule has 1 unspecified atom stereocenters. The lowest BCUT2D eigenvalue weighted by molar-refractivity contribution is 0.507. The maximum atomic E-state index is 11.0. The van der Waals surface area contributed by atoms with E-state index < -0.39 is 9.84 Å². The van der Waals surface area contributed by atoms with Gasteiger partial charge in [0, 0.05) is 36.4 Å². The third-order valence-corrected chi connectivity index (χ3v) is 3.69. The highest BCUT2D eigenvalue weighted by molar-refractivity contribution is 7.90. The van der Waals surface area contributed by atoms with E-state index in [1.807, 2.05) is 25.2 Å². The standard InChI is InChI=1S/C12H20N2O2S/c1-13-11(7-5-9-17(2,15)16)10-12-6-3-4-8-14-12/h3-4,6,8,11,13H,5,7,9-10H2,1-2H3. The van der Waals surface area contributed by atoms with Crippen LogP contribution in [0.25, 0.3) is 0 Å². The van der Waals surface area contributed by atoms with Crippen LogP contribution in [0.1, 0.15) is 18.5 Å². The van der Waals surface area contributed by atoms with E-state index in [9.17, 15) is 8.42 Å². The Balaban J connectivity index is 2.39. The van der Waals surface area contributed by atoms with Crippen LogP contribution < -0.4 is 5.32 Å². The number of pyridine rings is 1. The van der Waals surface area contributed by atoms with Gasteiger partial charge in [0.15, 0.2) is 0 Å². The minimum atomic E-state index is -2.84. The molecule has 0 bridgehead atoms. The van der Waals surface area contributed by atoms with E-state index in [0.717, 1.165) is 18.5 Å². The Morgan fingerprint density at radius 3 is 2.71 bits per heavy atom. The Morgan fingerprint density at radius 1 is 1.41 bits per heavy atom. The minimum Gasteiger partial charge on any atom is -0.317 e. The average Bonchev–Trinajstić information content (AvgIpc) is 2.27. The summed E-state index contributed by atoms with van der Waals surface area (Å²) >= 11 is 0. The molecule has 5 heteroatoms. The SMILES string of the molecule is CNC(CCCS(C)(=O)=O)Cc1ccccn1. The van der Waals surface area contributed by atoms with Crippen LogP contribution in [0.2, 0.25) is 0 Å². The molecule has 1 atom stereocenters. The smallest absolute Gasteiger partial charge is 0.147 e. The number of likely N-dealkylation sites (N-methyl/N-ethyl adjacent to an activating group) is 1. The zero-order valence-electron chi connectivity index (χ0n) is 10.4. The van der Waals surface area contributed by atoms with Crippen molar-refractivity contribution in [1.82, 2.24) is 10.3 Å². The van der Waals surface area contributed by atoms with Gasteiger partial charge in [-0.25, -0.2) is 8.42 Å². The second kappa shape index (κ2) is 6.71. The molecular formula is C12H20N2O2S. The molecule has 4 nitrogen and oxygen atoms in total. The van der Waals surface area contributed by atoms with Crippen LogP contribution in [-0.2, 0) is 16.3 Å². The van der Waals surface area contributed by atoms with Gasteiger partial charge < -0.3 is 5.32 Å². The monoisotopic (exact) mass is 256 g/mol. The zero-order chi connectivity index (χ0) is 12.7. The fourth-order valence-electron chi connectivity index (χ4n) is 1.71. The molecule has 1 aromatic heterocycles. The summed E-state index contributed by atoms with van der Waals surface area (Å²) in [7, 11) is -0.947. The minimum absolute atomic E-state index is 0.257. The van der Waals surface area contributed by atoms with Gasteiger partial charge in [0.2, 0.25) is 0 Å². The first-order valence-electron chi connectivity index (χ1n) is 5.76. The number of nitrogens with zero attached hydrogens (tertiary/aromatic N) is 1. The topological polar surface area (TPSA) is 59.1 Å². The second-order valence-electron chi connectivity index (χ2n) is 4.28. The van der Waals surface area contributed by atoms with Crippen molar-refractivity contribution in [2.45, 2.75) is 25.3 Å². The lowest BCUT2D eigenvalue weighted by atomic mass is 10.1. The van der Waals surface area contributed by atoms with Crippen molar-refractivity contribution in [3.05, 3.63) is 30.1 Å². The van der Waals surface area contributed by atoms with Crippen LogP contribution in [0.15, 0.2) is 24.4 Å². The molecular weight excluding hydrogens is 236 g/mol. The number of rotatable bonds is 7. The number of sulfone groups is 1. The summed E-state index contributed by atoms with van der Waals surface area (Å²) < 4.78 is 22.1. The molecule has 96 valence electrons. The molecule has 1 rings (SSSR count). The number of aromatic nitrogens is 1. The highest BCUT2D eigenvalue weighted by atomic mass is 32.2. The van der Waals surface area contributed by atoms with Gasteiger partial charge in [0.1, 0.15) is 9.84 Å². The van der Waals surface area contributed by atoms with Crippen LogP contribution in [0.3, 0.4) is 0 Å². The van der Waals surface area contributed by atoms with Gasteiger partial charge in [0.05, 0.1) is 0 Å². The predicted octanol–water partition coefficient (Wildman–Crippen LogP) is 1.04. The highest BCUT2D eigenvalue weighted by Crippen LogP contribution is 2.06. The Bertz CT molecular complexity index is 417. The van der Waals surface area contributed by atoms with Crippen LogP contribution in [0.5, 0.6) is 0 Å². The first-order chi connectivity index (χ1) is 8.01. The third kappa shape index (κ3) is 6.38. The zero-order valence-corrected chi connectivity index (χ0v) is 11.2. The molecule has 1 heterocycles. The molecule has 0 saturated carbocycles. The molecule has 0 saturated heterocycles. The van der Waals surface area contributed by atoms with Gasteiger partial charge in [-0.3, -0.25) is 4.98 Å². The summed E-state index contributed by atoms with van der Waals surface area (Å²) in [5, 5.41) is 3.20. The van der Waals surface area contributed by atoms with E-state index >= 15 is 0 Å². The highest BCUT2D eigenvalue weighted by Gasteiger charge is 2.09. The average molecular weight is 256 g/mol.